The van der Waals surface area contributed by atoms with E-state index < -0.39 is 30.7 Å². The lowest BCUT2D eigenvalue weighted by atomic mass is 10.1. The van der Waals surface area contributed by atoms with Gasteiger partial charge >= 0.3 is 0 Å². The van der Waals surface area contributed by atoms with E-state index in [1.54, 1.807) is 31.2 Å². The average molecular weight is 323 g/mol. The normalized spacial score (nSPS) is 20.1. The smallest absolute Gasteiger partial charge is 0.203 e. The topological polar surface area (TPSA) is 81.2 Å². The first-order valence-corrected chi connectivity index (χ1v) is 9.50. The highest BCUT2D eigenvalue weighted by Gasteiger charge is 2.43. The zero-order valence-corrected chi connectivity index (χ0v) is 12.9. The van der Waals surface area contributed by atoms with Gasteiger partial charge in [-0.05, 0) is 36.2 Å². The van der Waals surface area contributed by atoms with E-state index in [9.17, 15) is 16.8 Å². The first-order valence-electron chi connectivity index (χ1n) is 6.30. The summed E-state index contributed by atoms with van der Waals surface area (Å²) in [4.78, 5) is 3.97. The van der Waals surface area contributed by atoms with E-state index in [0.29, 0.717) is 5.56 Å². The van der Waals surface area contributed by atoms with Gasteiger partial charge in [0.2, 0.25) is 9.84 Å². The van der Waals surface area contributed by atoms with Crippen LogP contribution in [-0.2, 0) is 19.7 Å². The van der Waals surface area contributed by atoms with Gasteiger partial charge < -0.3 is 0 Å². The Morgan fingerprint density at radius 1 is 1.19 bits per heavy atom. The van der Waals surface area contributed by atoms with Crippen LogP contribution in [0.15, 0.2) is 52.5 Å². The number of aromatic nitrogens is 1. The molecule has 5 nitrogen and oxygen atoms in total. The molecular weight excluding hydrogens is 310 g/mol. The summed E-state index contributed by atoms with van der Waals surface area (Å²) in [6, 6.07) is 9.40. The van der Waals surface area contributed by atoms with Crippen LogP contribution >= 0.6 is 0 Å². The molecule has 1 aliphatic rings. The average Bonchev–Trinajstić information content (AvgIpc) is 2.72. The van der Waals surface area contributed by atoms with Gasteiger partial charge in [0.1, 0.15) is 5.25 Å². The van der Waals surface area contributed by atoms with Gasteiger partial charge in [-0.25, -0.2) is 21.8 Å². The number of hydrogen-bond acceptors (Lipinski definition) is 5. The van der Waals surface area contributed by atoms with Crippen LogP contribution in [0.25, 0.3) is 0 Å². The fourth-order valence-corrected chi connectivity index (χ4v) is 6.80. The SMILES string of the molecule is Cc1ccc2c(c1)S(=O)(=O)CC2S(=O)(=O)c1ccccn1. The van der Waals surface area contributed by atoms with Crippen LogP contribution in [0.1, 0.15) is 16.4 Å². The molecule has 7 heteroatoms. The number of hydrogen-bond donors (Lipinski definition) is 0. The van der Waals surface area contributed by atoms with E-state index in [4.69, 9.17) is 0 Å². The van der Waals surface area contributed by atoms with Crippen LogP contribution in [0.3, 0.4) is 0 Å². The van der Waals surface area contributed by atoms with Crippen LogP contribution < -0.4 is 0 Å². The monoisotopic (exact) mass is 323 g/mol. The zero-order valence-electron chi connectivity index (χ0n) is 11.2. The summed E-state index contributed by atoms with van der Waals surface area (Å²) in [5.41, 5.74) is 1.12. The van der Waals surface area contributed by atoms with Gasteiger partial charge in [-0.3, -0.25) is 0 Å². The second kappa shape index (κ2) is 4.64. The Morgan fingerprint density at radius 3 is 2.62 bits per heavy atom. The molecule has 0 N–H and O–H groups in total. The number of fused-ring (bicyclic) bond motifs is 1. The molecule has 0 bridgehead atoms. The maximum atomic E-state index is 12.6. The van der Waals surface area contributed by atoms with E-state index in [0.717, 1.165) is 5.56 Å². The lowest BCUT2D eigenvalue weighted by Gasteiger charge is -2.11. The van der Waals surface area contributed by atoms with Crippen LogP contribution in [-0.4, -0.2) is 27.6 Å². The minimum Gasteiger partial charge on any atom is -0.245 e. The summed E-state index contributed by atoms with van der Waals surface area (Å²) in [5.74, 6) is -0.426. The van der Waals surface area contributed by atoms with Crippen molar-refractivity contribution in [2.45, 2.75) is 22.1 Å². The molecule has 1 atom stereocenters. The Hall–Kier alpha value is -1.73. The molecule has 1 aromatic carbocycles. The van der Waals surface area contributed by atoms with Gasteiger partial charge in [0.05, 0.1) is 10.6 Å². The Morgan fingerprint density at radius 2 is 1.95 bits per heavy atom. The number of rotatable bonds is 2. The minimum absolute atomic E-state index is 0.0985. The molecule has 0 saturated carbocycles. The van der Waals surface area contributed by atoms with Crippen LogP contribution in [0.4, 0.5) is 0 Å². The maximum absolute atomic E-state index is 12.6. The molecule has 3 rings (SSSR count). The standard InChI is InChI=1S/C14H13NO4S2/c1-10-5-6-11-12(8-10)20(16,17)9-13(11)21(18,19)14-4-2-3-7-15-14/h2-8,13H,9H2,1H3. The second-order valence-electron chi connectivity index (χ2n) is 5.02. The lowest BCUT2D eigenvalue weighted by molar-refractivity contribution is 0.579. The van der Waals surface area contributed by atoms with Crippen molar-refractivity contribution in [3.05, 3.63) is 53.7 Å². The van der Waals surface area contributed by atoms with E-state index >= 15 is 0 Å². The van der Waals surface area contributed by atoms with E-state index in [1.807, 2.05) is 0 Å². The highest BCUT2D eigenvalue weighted by atomic mass is 32.2. The van der Waals surface area contributed by atoms with Crippen molar-refractivity contribution in [1.82, 2.24) is 4.98 Å². The van der Waals surface area contributed by atoms with Gasteiger partial charge in [-0.2, -0.15) is 0 Å². The highest BCUT2D eigenvalue weighted by molar-refractivity contribution is 7.96. The third kappa shape index (κ3) is 2.26. The summed E-state index contributed by atoms with van der Waals surface area (Å²) >= 11 is 0. The summed E-state index contributed by atoms with van der Waals surface area (Å²) in [7, 11) is -7.40. The van der Waals surface area contributed by atoms with Crippen LogP contribution in [0.5, 0.6) is 0 Å². The molecule has 1 unspecified atom stereocenters. The zero-order chi connectivity index (χ0) is 15.3. The van der Waals surface area contributed by atoms with Crippen molar-refractivity contribution in [3.63, 3.8) is 0 Å². The lowest BCUT2D eigenvalue weighted by Crippen LogP contribution is -2.16. The molecule has 110 valence electrons. The third-order valence-corrected chi connectivity index (χ3v) is 7.53. The van der Waals surface area contributed by atoms with Gasteiger partial charge in [-0.1, -0.05) is 18.2 Å². The predicted octanol–water partition coefficient (Wildman–Crippen LogP) is 1.69. The number of pyridine rings is 1. The van der Waals surface area contributed by atoms with Crippen molar-refractivity contribution >= 4 is 19.7 Å². The summed E-state index contributed by atoms with van der Waals surface area (Å²) in [6.07, 6.45) is 1.38. The minimum atomic E-state index is -3.83. The van der Waals surface area contributed by atoms with Gasteiger partial charge in [0, 0.05) is 6.20 Å². The summed E-state index contributed by atoms with van der Waals surface area (Å²) < 4.78 is 49.7. The summed E-state index contributed by atoms with van der Waals surface area (Å²) in [6.45, 7) is 1.77. The third-order valence-electron chi connectivity index (χ3n) is 3.53. The largest absolute Gasteiger partial charge is 0.245 e. The molecule has 0 spiro atoms. The summed E-state index contributed by atoms with van der Waals surface area (Å²) in [5, 5.41) is -1.19. The quantitative estimate of drug-likeness (QED) is 0.840. The van der Waals surface area contributed by atoms with Crippen LogP contribution in [0.2, 0.25) is 0 Å². The molecular formula is C14H13NO4S2. The first-order chi connectivity index (χ1) is 9.82. The number of aryl methyl sites for hydroxylation is 1. The molecule has 0 fully saturated rings. The van der Waals surface area contributed by atoms with Gasteiger partial charge in [0.25, 0.3) is 0 Å². The number of nitrogens with zero attached hydrogens (tertiary/aromatic N) is 1. The fourth-order valence-electron chi connectivity index (χ4n) is 2.47. The Kier molecular flexibility index (Phi) is 3.14. The van der Waals surface area contributed by atoms with Crippen molar-refractivity contribution in [2.24, 2.45) is 0 Å². The van der Waals surface area contributed by atoms with E-state index in [1.165, 1.54) is 18.3 Å². The Labute approximate surface area is 123 Å². The molecule has 1 aromatic heterocycles. The molecule has 0 amide bonds. The van der Waals surface area contributed by atoms with Gasteiger partial charge in [-0.15, -0.1) is 0 Å². The van der Waals surface area contributed by atoms with Crippen molar-refractivity contribution < 1.29 is 16.8 Å². The Bertz CT molecular complexity index is 903. The fraction of sp³-hybridized carbons (Fsp3) is 0.214. The predicted molar refractivity (Wildman–Crippen MR) is 77.4 cm³/mol. The molecule has 21 heavy (non-hydrogen) atoms. The highest BCUT2D eigenvalue weighted by Crippen LogP contribution is 2.40. The molecule has 2 aromatic rings. The molecule has 0 aliphatic carbocycles. The first kappa shape index (κ1) is 14.2. The second-order valence-corrected chi connectivity index (χ2v) is 9.10. The Balaban J connectivity index is 2.20. The van der Waals surface area contributed by atoms with E-state index in [2.05, 4.69) is 4.98 Å². The molecule has 2 heterocycles. The number of benzene rings is 1. The van der Waals surface area contributed by atoms with Crippen molar-refractivity contribution in [1.29, 1.82) is 0 Å². The van der Waals surface area contributed by atoms with Gasteiger partial charge in [0.15, 0.2) is 14.9 Å². The maximum Gasteiger partial charge on any atom is 0.203 e. The van der Waals surface area contributed by atoms with Crippen molar-refractivity contribution in [3.8, 4) is 0 Å². The molecule has 0 saturated heterocycles. The number of sulfone groups is 2. The van der Waals surface area contributed by atoms with Crippen LogP contribution in [0, 0.1) is 6.92 Å². The van der Waals surface area contributed by atoms with Crippen molar-refractivity contribution in [2.75, 3.05) is 5.75 Å². The van der Waals surface area contributed by atoms with E-state index in [-0.39, 0.29) is 9.92 Å². The molecule has 1 aliphatic heterocycles. The molecule has 0 radical (unpaired) electrons.